The van der Waals surface area contributed by atoms with Gasteiger partial charge in [0.1, 0.15) is 32.9 Å². The van der Waals surface area contributed by atoms with Gasteiger partial charge in [0, 0.05) is 23.8 Å². The third-order valence-electron chi connectivity index (χ3n) is 4.98. The molecular formula is C22H19F3N8O5S3. The van der Waals surface area contributed by atoms with Gasteiger partial charge in [-0.15, -0.1) is 11.3 Å². The number of thioether (sulfide) groups is 1. The Morgan fingerprint density at radius 3 is 2.41 bits per heavy atom. The number of nitrogens with zero attached hydrogens (tertiary/aromatic N) is 5. The van der Waals surface area contributed by atoms with Gasteiger partial charge in [-0.25, -0.2) is 15.0 Å². The molecule has 0 radical (unpaired) electrons. The Hall–Kier alpha value is -4.41. The first-order valence-electron chi connectivity index (χ1n) is 10.9. The van der Waals surface area contributed by atoms with Gasteiger partial charge in [-0.2, -0.15) is 26.9 Å². The smallest absolute Gasteiger partial charge is 0.397 e. The van der Waals surface area contributed by atoms with Crippen molar-refractivity contribution in [2.45, 2.75) is 24.4 Å². The number of nitrogens with two attached hydrogens (primary N) is 3. The van der Waals surface area contributed by atoms with Gasteiger partial charge in [-0.05, 0) is 31.0 Å². The molecule has 4 heterocycles. The quantitative estimate of drug-likeness (QED) is 0.153. The molecule has 19 heteroatoms. The largest absolute Gasteiger partial charge is 0.534 e. The van der Waals surface area contributed by atoms with E-state index in [0.717, 1.165) is 22.8 Å². The molecule has 13 nitrogen and oxygen atoms in total. The number of primary amides is 2. The van der Waals surface area contributed by atoms with Crippen LogP contribution >= 0.6 is 23.1 Å². The standard InChI is InChI=1S/C12H11N5OS.C10H8F3N3O4S2/c1-6-4-7(17-3-2-15-5-17)16-12-8(6)9(13)10(19-12)11(14)18;1-5-2-8(20-22(18,19)10(11,12)13)16-9(6(5)3-14)21-4-7(15)17/h2-5H,13H2,1H3,(H2,14,18);2H,4H2,1H3,(H2,15,17). The van der Waals surface area contributed by atoms with Gasteiger partial charge in [0.2, 0.25) is 11.8 Å². The van der Waals surface area contributed by atoms with E-state index in [1.807, 2.05) is 13.0 Å². The molecule has 0 aliphatic rings. The second-order valence-corrected chi connectivity index (χ2v) is 11.5. The fourth-order valence-corrected chi connectivity index (χ4v) is 5.41. The summed E-state index contributed by atoms with van der Waals surface area (Å²) >= 11 is 1.89. The number of aromatic nitrogens is 4. The van der Waals surface area contributed by atoms with E-state index < -0.39 is 33.3 Å². The number of anilines is 1. The summed E-state index contributed by atoms with van der Waals surface area (Å²) in [6.07, 6.45) is 5.15. The van der Waals surface area contributed by atoms with Crippen LogP contribution in [0.15, 0.2) is 35.9 Å². The minimum atomic E-state index is -5.88. The molecule has 0 unspecified atom stereocenters. The number of thiophene rings is 1. The molecule has 0 aliphatic heterocycles. The molecular weight excluding hydrogens is 609 g/mol. The van der Waals surface area contributed by atoms with Crippen LogP contribution in [0.25, 0.3) is 16.0 Å². The highest BCUT2D eigenvalue weighted by Crippen LogP contribution is 2.35. The average Bonchev–Trinajstić information content (AvgIpc) is 3.50. The second-order valence-electron chi connectivity index (χ2n) is 7.96. The van der Waals surface area contributed by atoms with Crippen molar-refractivity contribution in [1.29, 1.82) is 5.26 Å². The summed E-state index contributed by atoms with van der Waals surface area (Å²) in [5, 5.41) is 9.59. The first-order chi connectivity index (χ1) is 19.1. The highest BCUT2D eigenvalue weighted by molar-refractivity contribution is 8.00. The van der Waals surface area contributed by atoms with E-state index >= 15 is 0 Å². The normalized spacial score (nSPS) is 11.4. The van der Waals surface area contributed by atoms with Crippen LogP contribution in [0, 0.1) is 25.2 Å². The topological polar surface area (TPSA) is 223 Å². The van der Waals surface area contributed by atoms with E-state index in [9.17, 15) is 31.2 Å². The summed E-state index contributed by atoms with van der Waals surface area (Å²) in [6, 6.07) is 4.52. The maximum absolute atomic E-state index is 12.3. The number of nitriles is 1. The number of alkyl halides is 3. The van der Waals surface area contributed by atoms with E-state index in [4.69, 9.17) is 22.5 Å². The summed E-state index contributed by atoms with van der Waals surface area (Å²) in [5.74, 6) is -1.69. The fourth-order valence-electron chi connectivity index (χ4n) is 3.20. The molecule has 0 atom stereocenters. The van der Waals surface area contributed by atoms with Crippen molar-refractivity contribution in [2.24, 2.45) is 11.5 Å². The predicted octanol–water partition coefficient (Wildman–Crippen LogP) is 2.54. The predicted molar refractivity (Wildman–Crippen MR) is 144 cm³/mol. The zero-order valence-corrected chi connectivity index (χ0v) is 23.4. The third-order valence-corrected chi connectivity index (χ3v) is 8.05. The van der Waals surface area contributed by atoms with Crippen molar-refractivity contribution in [3.05, 3.63) is 52.4 Å². The Labute approximate surface area is 238 Å². The summed E-state index contributed by atoms with van der Waals surface area (Å²) in [5.41, 5.74) is 12.1. The number of hydrogen-bond acceptors (Lipinski definition) is 12. The molecule has 0 aromatic carbocycles. The number of imidazole rings is 1. The molecule has 4 aromatic rings. The number of fused-ring (bicyclic) bond motifs is 1. The highest BCUT2D eigenvalue weighted by atomic mass is 32.2. The van der Waals surface area contributed by atoms with Gasteiger partial charge in [0.05, 0.1) is 17.0 Å². The molecule has 41 heavy (non-hydrogen) atoms. The van der Waals surface area contributed by atoms with Gasteiger partial charge in [0.15, 0.2) is 0 Å². The van der Waals surface area contributed by atoms with Crippen LogP contribution in [-0.2, 0) is 14.9 Å². The van der Waals surface area contributed by atoms with E-state index in [0.29, 0.717) is 27.2 Å². The van der Waals surface area contributed by atoms with E-state index in [1.165, 1.54) is 18.3 Å². The number of hydrogen-bond donors (Lipinski definition) is 3. The number of carbonyl (C=O) groups is 2. The Bertz CT molecular complexity index is 1780. The lowest BCUT2D eigenvalue weighted by Gasteiger charge is -2.11. The average molecular weight is 629 g/mol. The maximum atomic E-state index is 12.3. The number of amides is 2. The van der Waals surface area contributed by atoms with Crippen molar-refractivity contribution in [1.82, 2.24) is 19.5 Å². The molecule has 216 valence electrons. The Kier molecular flexibility index (Phi) is 9.10. The molecule has 4 aromatic heterocycles. The zero-order chi connectivity index (χ0) is 30.7. The van der Waals surface area contributed by atoms with Gasteiger partial charge in [-0.1, -0.05) is 11.8 Å². The highest BCUT2D eigenvalue weighted by Gasteiger charge is 2.49. The summed E-state index contributed by atoms with van der Waals surface area (Å²) < 4.78 is 64.3. The van der Waals surface area contributed by atoms with Crippen LogP contribution in [0.3, 0.4) is 0 Å². The van der Waals surface area contributed by atoms with Crippen molar-refractivity contribution in [2.75, 3.05) is 11.5 Å². The molecule has 2 amide bonds. The minimum Gasteiger partial charge on any atom is -0.397 e. The van der Waals surface area contributed by atoms with Gasteiger partial charge >= 0.3 is 15.6 Å². The SMILES string of the molecule is Cc1cc(-n2ccnc2)nc2sc(C(N)=O)c(N)c12.Cc1cc(OS(=O)(=O)C(F)(F)F)nc(SCC(N)=O)c1C#N. The van der Waals surface area contributed by atoms with E-state index in [2.05, 4.69) is 19.1 Å². The number of rotatable bonds is 7. The Balaban J connectivity index is 0.000000227. The van der Waals surface area contributed by atoms with Crippen molar-refractivity contribution >= 4 is 60.9 Å². The van der Waals surface area contributed by atoms with Gasteiger partial charge in [0.25, 0.3) is 5.91 Å². The number of pyridine rings is 2. The Morgan fingerprint density at radius 2 is 1.88 bits per heavy atom. The monoisotopic (exact) mass is 628 g/mol. The maximum Gasteiger partial charge on any atom is 0.534 e. The lowest BCUT2D eigenvalue weighted by molar-refractivity contribution is -0.115. The molecule has 4 rings (SSSR count). The van der Waals surface area contributed by atoms with Gasteiger partial charge < -0.3 is 21.4 Å². The number of halogens is 3. The molecule has 0 saturated carbocycles. The molecule has 0 aliphatic carbocycles. The molecule has 6 N–H and O–H groups in total. The molecule has 0 fully saturated rings. The van der Waals surface area contributed by atoms with Crippen LogP contribution in [0.1, 0.15) is 26.4 Å². The second kappa shape index (κ2) is 12.0. The summed E-state index contributed by atoms with van der Waals surface area (Å²) in [6.45, 7) is 3.28. The van der Waals surface area contributed by atoms with Crippen molar-refractivity contribution < 1.29 is 35.4 Å². The van der Waals surface area contributed by atoms with Crippen LogP contribution in [-0.4, -0.2) is 51.0 Å². The van der Waals surface area contributed by atoms with Crippen LogP contribution in [0.5, 0.6) is 5.88 Å². The molecule has 0 bridgehead atoms. The van der Waals surface area contributed by atoms with Crippen LogP contribution in [0.4, 0.5) is 18.9 Å². The lowest BCUT2D eigenvalue weighted by atomic mass is 10.1. The third kappa shape index (κ3) is 7.03. The first-order valence-corrected chi connectivity index (χ1v) is 14.1. The van der Waals surface area contributed by atoms with Crippen LogP contribution in [0.2, 0.25) is 0 Å². The minimum absolute atomic E-state index is 0.0250. The first kappa shape index (κ1) is 31.1. The van der Waals surface area contributed by atoms with Crippen molar-refractivity contribution in [3.8, 4) is 17.8 Å². The number of nitrogen functional groups attached to an aromatic ring is 1. The molecule has 0 saturated heterocycles. The number of aryl methyl sites for hydroxylation is 2. The molecule has 0 spiro atoms. The zero-order valence-electron chi connectivity index (χ0n) is 21.0. The van der Waals surface area contributed by atoms with E-state index in [-0.39, 0.29) is 21.9 Å². The van der Waals surface area contributed by atoms with E-state index in [1.54, 1.807) is 29.4 Å². The summed E-state index contributed by atoms with van der Waals surface area (Å²) in [7, 11) is -5.88. The van der Waals surface area contributed by atoms with Crippen molar-refractivity contribution in [3.63, 3.8) is 0 Å². The van der Waals surface area contributed by atoms with Crippen LogP contribution < -0.4 is 21.4 Å². The lowest BCUT2D eigenvalue weighted by Crippen LogP contribution is -2.28. The number of carbonyl (C=O) groups excluding carboxylic acids is 2. The van der Waals surface area contributed by atoms with Gasteiger partial charge in [-0.3, -0.25) is 14.2 Å². The Morgan fingerprint density at radius 1 is 1.20 bits per heavy atom. The fraction of sp³-hybridized carbons (Fsp3) is 0.182. The summed E-state index contributed by atoms with van der Waals surface area (Å²) in [4.78, 5) is 35.1.